The van der Waals surface area contributed by atoms with Crippen LogP contribution in [-0.2, 0) is 0 Å². The highest BCUT2D eigenvalue weighted by atomic mass is 16.6. The molecule has 0 aromatic heterocycles. The monoisotopic (exact) mass is 209 g/mol. The molecule has 0 aliphatic heterocycles. The minimum absolute atomic E-state index is 0.0848. The van der Waals surface area contributed by atoms with E-state index in [0.29, 0.717) is 0 Å². The van der Waals surface area contributed by atoms with Gasteiger partial charge < -0.3 is 5.43 Å². The Hall–Kier alpha value is -1.91. The normalized spacial score (nSPS) is 9.27. The second kappa shape index (κ2) is 7.49. The molecule has 1 aromatic rings. The van der Waals surface area contributed by atoms with Gasteiger partial charge in [0.2, 0.25) is 0 Å². The molecular formula is C10H15N3O2. The van der Waals surface area contributed by atoms with Gasteiger partial charge in [0, 0.05) is 19.2 Å². The average molecular weight is 209 g/mol. The molecule has 0 amide bonds. The SMILES string of the molecule is CC.CN/N=C/c1ccc([N+](=O)[O-])cc1. The summed E-state index contributed by atoms with van der Waals surface area (Å²) in [5.41, 5.74) is 3.49. The van der Waals surface area contributed by atoms with Gasteiger partial charge in [-0.05, 0) is 17.7 Å². The summed E-state index contributed by atoms with van der Waals surface area (Å²) in [7, 11) is 1.68. The Morgan fingerprint density at radius 2 is 1.87 bits per heavy atom. The third-order valence-corrected chi connectivity index (χ3v) is 1.45. The summed E-state index contributed by atoms with van der Waals surface area (Å²) >= 11 is 0. The van der Waals surface area contributed by atoms with E-state index in [0.717, 1.165) is 5.56 Å². The van der Waals surface area contributed by atoms with Crippen LogP contribution >= 0.6 is 0 Å². The fourth-order valence-electron chi connectivity index (χ4n) is 0.821. The predicted molar refractivity (Wildman–Crippen MR) is 61.1 cm³/mol. The molecule has 1 rings (SSSR count). The Labute approximate surface area is 89.0 Å². The number of nitro groups is 1. The Bertz CT molecular complexity index is 320. The number of hydrogen-bond donors (Lipinski definition) is 1. The number of hydrazone groups is 1. The molecule has 0 unspecified atom stereocenters. The molecule has 0 spiro atoms. The number of hydrogen-bond acceptors (Lipinski definition) is 4. The van der Waals surface area contributed by atoms with Crippen molar-refractivity contribution in [3.8, 4) is 0 Å². The number of non-ortho nitro benzene ring substituents is 1. The molecule has 0 aliphatic carbocycles. The van der Waals surface area contributed by atoms with E-state index < -0.39 is 4.92 Å². The highest BCUT2D eigenvalue weighted by molar-refractivity contribution is 5.79. The largest absolute Gasteiger partial charge is 0.313 e. The number of benzene rings is 1. The van der Waals surface area contributed by atoms with Gasteiger partial charge in [0.1, 0.15) is 0 Å². The molecule has 0 radical (unpaired) electrons. The van der Waals surface area contributed by atoms with Crippen LogP contribution in [0.5, 0.6) is 0 Å². The lowest BCUT2D eigenvalue weighted by molar-refractivity contribution is -0.384. The van der Waals surface area contributed by atoms with Crippen molar-refractivity contribution in [2.24, 2.45) is 5.10 Å². The fourth-order valence-corrected chi connectivity index (χ4v) is 0.821. The van der Waals surface area contributed by atoms with Crippen molar-refractivity contribution in [2.45, 2.75) is 13.8 Å². The molecule has 0 saturated heterocycles. The number of nitrogens with one attached hydrogen (secondary N) is 1. The van der Waals surface area contributed by atoms with Gasteiger partial charge in [-0.25, -0.2) is 0 Å². The molecule has 15 heavy (non-hydrogen) atoms. The summed E-state index contributed by atoms with van der Waals surface area (Å²) in [5, 5.41) is 14.1. The van der Waals surface area contributed by atoms with Crippen LogP contribution in [-0.4, -0.2) is 18.2 Å². The smallest absolute Gasteiger partial charge is 0.269 e. The zero-order chi connectivity index (χ0) is 11.7. The molecule has 5 heteroatoms. The van der Waals surface area contributed by atoms with Gasteiger partial charge in [-0.3, -0.25) is 10.1 Å². The van der Waals surface area contributed by atoms with Crippen LogP contribution in [0.3, 0.4) is 0 Å². The second-order valence-corrected chi connectivity index (χ2v) is 2.33. The lowest BCUT2D eigenvalue weighted by atomic mass is 10.2. The summed E-state index contributed by atoms with van der Waals surface area (Å²) in [6, 6.07) is 6.16. The van der Waals surface area contributed by atoms with Gasteiger partial charge in [0.15, 0.2) is 0 Å². The minimum atomic E-state index is -0.432. The number of nitro benzene ring substituents is 1. The average Bonchev–Trinajstić information content (AvgIpc) is 2.29. The number of nitrogens with zero attached hydrogens (tertiary/aromatic N) is 2. The molecule has 5 nitrogen and oxygen atoms in total. The van der Waals surface area contributed by atoms with Crippen LogP contribution in [0.2, 0.25) is 0 Å². The van der Waals surface area contributed by atoms with E-state index in [4.69, 9.17) is 0 Å². The van der Waals surface area contributed by atoms with E-state index in [2.05, 4.69) is 10.5 Å². The zero-order valence-corrected chi connectivity index (χ0v) is 9.10. The summed E-state index contributed by atoms with van der Waals surface area (Å²) in [6.07, 6.45) is 1.59. The van der Waals surface area contributed by atoms with Crippen molar-refractivity contribution < 1.29 is 4.92 Å². The van der Waals surface area contributed by atoms with E-state index in [1.807, 2.05) is 13.8 Å². The first-order valence-electron chi connectivity index (χ1n) is 4.68. The summed E-state index contributed by atoms with van der Waals surface area (Å²) in [6.45, 7) is 4.00. The van der Waals surface area contributed by atoms with Crippen LogP contribution in [0.15, 0.2) is 29.4 Å². The van der Waals surface area contributed by atoms with Crippen LogP contribution in [0.1, 0.15) is 19.4 Å². The van der Waals surface area contributed by atoms with Crippen molar-refractivity contribution in [3.05, 3.63) is 39.9 Å². The minimum Gasteiger partial charge on any atom is -0.313 e. The molecule has 0 aliphatic rings. The van der Waals surface area contributed by atoms with Crippen LogP contribution in [0, 0.1) is 10.1 Å². The molecular weight excluding hydrogens is 194 g/mol. The van der Waals surface area contributed by atoms with Crippen molar-refractivity contribution in [3.63, 3.8) is 0 Å². The van der Waals surface area contributed by atoms with E-state index in [1.54, 1.807) is 25.4 Å². The second-order valence-electron chi connectivity index (χ2n) is 2.33. The lowest BCUT2D eigenvalue weighted by Crippen LogP contribution is -1.94. The first kappa shape index (κ1) is 13.1. The highest BCUT2D eigenvalue weighted by Crippen LogP contribution is 2.10. The standard InChI is InChI=1S/C8H9N3O2.C2H6/c1-9-10-6-7-2-4-8(5-3-7)11(12)13;1-2/h2-6,9H,1H3;1-2H3/b10-6+;. The van der Waals surface area contributed by atoms with Crippen molar-refractivity contribution in [2.75, 3.05) is 7.05 Å². The Kier molecular flexibility index (Phi) is 6.54. The summed E-state index contributed by atoms with van der Waals surface area (Å²) in [4.78, 5) is 9.85. The molecule has 0 fully saturated rings. The van der Waals surface area contributed by atoms with Crippen molar-refractivity contribution in [1.29, 1.82) is 0 Å². The van der Waals surface area contributed by atoms with E-state index in [1.165, 1.54) is 12.1 Å². The van der Waals surface area contributed by atoms with Crippen molar-refractivity contribution in [1.82, 2.24) is 5.43 Å². The maximum absolute atomic E-state index is 10.3. The highest BCUT2D eigenvalue weighted by Gasteiger charge is 2.01. The Morgan fingerprint density at radius 1 is 1.33 bits per heavy atom. The van der Waals surface area contributed by atoms with Gasteiger partial charge in [0.05, 0.1) is 11.1 Å². The van der Waals surface area contributed by atoms with Crippen molar-refractivity contribution >= 4 is 11.9 Å². The van der Waals surface area contributed by atoms with Gasteiger partial charge in [-0.15, -0.1) is 0 Å². The zero-order valence-electron chi connectivity index (χ0n) is 9.10. The quantitative estimate of drug-likeness (QED) is 0.471. The van der Waals surface area contributed by atoms with Crippen LogP contribution in [0.25, 0.3) is 0 Å². The third kappa shape index (κ3) is 4.75. The van der Waals surface area contributed by atoms with Gasteiger partial charge in [0.25, 0.3) is 5.69 Å². The maximum atomic E-state index is 10.3. The molecule has 82 valence electrons. The first-order chi connectivity index (χ1) is 7.24. The predicted octanol–water partition coefficient (Wildman–Crippen LogP) is 2.17. The lowest BCUT2D eigenvalue weighted by Gasteiger charge is -1.92. The van der Waals surface area contributed by atoms with Gasteiger partial charge in [-0.1, -0.05) is 13.8 Å². The topological polar surface area (TPSA) is 67.5 Å². The molecule has 0 bridgehead atoms. The van der Waals surface area contributed by atoms with Gasteiger partial charge in [-0.2, -0.15) is 5.10 Å². The fraction of sp³-hybridized carbons (Fsp3) is 0.300. The summed E-state index contributed by atoms with van der Waals surface area (Å²) < 4.78 is 0. The molecule has 1 aromatic carbocycles. The van der Waals surface area contributed by atoms with E-state index in [9.17, 15) is 10.1 Å². The molecule has 0 atom stereocenters. The third-order valence-electron chi connectivity index (χ3n) is 1.45. The molecule has 0 saturated carbocycles. The first-order valence-corrected chi connectivity index (χ1v) is 4.68. The van der Waals surface area contributed by atoms with Crippen LogP contribution in [0.4, 0.5) is 5.69 Å². The van der Waals surface area contributed by atoms with Crippen LogP contribution < -0.4 is 5.43 Å². The van der Waals surface area contributed by atoms with E-state index in [-0.39, 0.29) is 5.69 Å². The molecule has 0 heterocycles. The number of rotatable bonds is 3. The van der Waals surface area contributed by atoms with E-state index >= 15 is 0 Å². The summed E-state index contributed by atoms with van der Waals surface area (Å²) in [5.74, 6) is 0. The Balaban J connectivity index is 0.000000921. The van der Waals surface area contributed by atoms with Gasteiger partial charge >= 0.3 is 0 Å². The Morgan fingerprint density at radius 3 is 2.27 bits per heavy atom. The molecule has 1 N–H and O–H groups in total. The maximum Gasteiger partial charge on any atom is 0.269 e.